The molecule has 1 aliphatic rings. The Hall–Kier alpha value is -1.39. The molecular formula is C13H12ClNO2S. The molecule has 0 spiro atoms. The van der Waals surface area contributed by atoms with E-state index in [1.807, 2.05) is 24.3 Å². The Kier molecular flexibility index (Phi) is 3.06. The molecule has 0 aliphatic carbocycles. The largest absolute Gasteiger partial charge is 0.454 e. The number of halogens is 1. The molecule has 2 heterocycles. The maximum atomic E-state index is 5.94. The van der Waals surface area contributed by atoms with Crippen molar-refractivity contribution in [2.75, 3.05) is 12.1 Å². The van der Waals surface area contributed by atoms with E-state index in [9.17, 15) is 0 Å². The van der Waals surface area contributed by atoms with Gasteiger partial charge >= 0.3 is 0 Å². The van der Waals surface area contributed by atoms with Crippen molar-refractivity contribution in [3.05, 3.63) is 39.5 Å². The first-order valence-corrected chi connectivity index (χ1v) is 6.88. The highest BCUT2D eigenvalue weighted by Gasteiger charge is 2.14. The van der Waals surface area contributed by atoms with Crippen molar-refractivity contribution in [2.24, 2.45) is 0 Å². The lowest BCUT2D eigenvalue weighted by Gasteiger charge is -2.14. The molecule has 0 bridgehead atoms. The molecule has 0 saturated heterocycles. The van der Waals surface area contributed by atoms with Gasteiger partial charge < -0.3 is 14.8 Å². The predicted octanol–water partition coefficient (Wildman–Crippen LogP) is 4.30. The van der Waals surface area contributed by atoms with Gasteiger partial charge in [0.2, 0.25) is 6.79 Å². The number of ether oxygens (including phenoxy) is 2. The van der Waals surface area contributed by atoms with Crippen LogP contribution < -0.4 is 14.8 Å². The molecule has 94 valence electrons. The lowest BCUT2D eigenvalue weighted by atomic mass is 10.1. The van der Waals surface area contributed by atoms with Crippen LogP contribution in [0.5, 0.6) is 11.5 Å². The van der Waals surface area contributed by atoms with Crippen LogP contribution in [-0.4, -0.2) is 6.79 Å². The summed E-state index contributed by atoms with van der Waals surface area (Å²) < 4.78 is 11.4. The summed E-state index contributed by atoms with van der Waals surface area (Å²) in [7, 11) is 0. The van der Waals surface area contributed by atoms with E-state index in [-0.39, 0.29) is 6.04 Å². The zero-order valence-electron chi connectivity index (χ0n) is 9.77. The molecule has 0 saturated carbocycles. The molecule has 0 fully saturated rings. The SMILES string of the molecule is CC(Nc1ccc2c(c1)OCO2)c1csc(Cl)c1. The second-order valence-electron chi connectivity index (χ2n) is 4.12. The van der Waals surface area contributed by atoms with E-state index in [1.165, 1.54) is 5.56 Å². The normalized spacial score (nSPS) is 14.6. The average molecular weight is 282 g/mol. The van der Waals surface area contributed by atoms with Crippen molar-refractivity contribution >= 4 is 28.6 Å². The summed E-state index contributed by atoms with van der Waals surface area (Å²) in [5.41, 5.74) is 2.19. The van der Waals surface area contributed by atoms with Gasteiger partial charge in [-0.2, -0.15) is 0 Å². The number of rotatable bonds is 3. The van der Waals surface area contributed by atoms with Crippen molar-refractivity contribution in [3.8, 4) is 11.5 Å². The second-order valence-corrected chi connectivity index (χ2v) is 5.66. The summed E-state index contributed by atoms with van der Waals surface area (Å²) in [6.07, 6.45) is 0. The fourth-order valence-corrected chi connectivity index (χ4v) is 2.85. The minimum absolute atomic E-state index is 0.203. The molecule has 3 nitrogen and oxygen atoms in total. The van der Waals surface area contributed by atoms with Crippen molar-refractivity contribution in [1.29, 1.82) is 0 Å². The van der Waals surface area contributed by atoms with E-state index in [4.69, 9.17) is 21.1 Å². The Morgan fingerprint density at radius 1 is 1.28 bits per heavy atom. The monoisotopic (exact) mass is 281 g/mol. The highest BCUT2D eigenvalue weighted by molar-refractivity contribution is 7.14. The van der Waals surface area contributed by atoms with E-state index in [0.29, 0.717) is 6.79 Å². The minimum atomic E-state index is 0.203. The number of hydrogen-bond donors (Lipinski definition) is 1. The number of anilines is 1. The van der Waals surface area contributed by atoms with Gasteiger partial charge in [0.1, 0.15) is 0 Å². The van der Waals surface area contributed by atoms with Gasteiger partial charge in [-0.1, -0.05) is 11.6 Å². The Morgan fingerprint density at radius 2 is 2.11 bits per heavy atom. The van der Waals surface area contributed by atoms with Crippen LogP contribution in [0.25, 0.3) is 0 Å². The van der Waals surface area contributed by atoms with E-state index >= 15 is 0 Å². The summed E-state index contributed by atoms with van der Waals surface area (Å²) in [6, 6.07) is 8.04. The first kappa shape index (κ1) is 11.7. The fraction of sp³-hybridized carbons (Fsp3) is 0.231. The lowest BCUT2D eigenvalue weighted by Crippen LogP contribution is -2.05. The zero-order chi connectivity index (χ0) is 12.5. The summed E-state index contributed by atoms with van der Waals surface area (Å²) >= 11 is 7.48. The van der Waals surface area contributed by atoms with Gasteiger partial charge in [-0.05, 0) is 36.1 Å². The Bertz CT molecular complexity index is 570. The number of hydrogen-bond acceptors (Lipinski definition) is 4. The van der Waals surface area contributed by atoms with Crippen LogP contribution in [0.4, 0.5) is 5.69 Å². The van der Waals surface area contributed by atoms with Crippen LogP contribution >= 0.6 is 22.9 Å². The fourth-order valence-electron chi connectivity index (χ4n) is 1.87. The van der Waals surface area contributed by atoms with Crippen molar-refractivity contribution in [3.63, 3.8) is 0 Å². The smallest absolute Gasteiger partial charge is 0.231 e. The molecule has 1 atom stereocenters. The molecule has 1 N–H and O–H groups in total. The van der Waals surface area contributed by atoms with Gasteiger partial charge in [0.05, 0.1) is 4.34 Å². The number of fused-ring (bicyclic) bond motifs is 1. The third kappa shape index (κ3) is 2.26. The van der Waals surface area contributed by atoms with Gasteiger partial charge in [-0.25, -0.2) is 0 Å². The van der Waals surface area contributed by atoms with Crippen LogP contribution in [0.1, 0.15) is 18.5 Å². The lowest BCUT2D eigenvalue weighted by molar-refractivity contribution is 0.174. The number of nitrogens with one attached hydrogen (secondary N) is 1. The third-order valence-corrected chi connectivity index (χ3v) is 3.95. The number of benzene rings is 1. The van der Waals surface area contributed by atoms with Crippen LogP contribution in [-0.2, 0) is 0 Å². The number of thiophene rings is 1. The highest BCUT2D eigenvalue weighted by atomic mass is 35.5. The van der Waals surface area contributed by atoms with Gasteiger partial charge in [-0.3, -0.25) is 0 Å². The van der Waals surface area contributed by atoms with E-state index in [1.54, 1.807) is 11.3 Å². The summed E-state index contributed by atoms with van der Waals surface area (Å²) in [5.74, 6) is 1.59. The Morgan fingerprint density at radius 3 is 2.89 bits per heavy atom. The quantitative estimate of drug-likeness (QED) is 0.910. The Labute approximate surface area is 114 Å². The predicted molar refractivity (Wildman–Crippen MR) is 73.9 cm³/mol. The summed E-state index contributed by atoms with van der Waals surface area (Å²) in [5, 5.41) is 5.48. The van der Waals surface area contributed by atoms with Crippen molar-refractivity contribution < 1.29 is 9.47 Å². The first-order valence-electron chi connectivity index (χ1n) is 5.62. The summed E-state index contributed by atoms with van der Waals surface area (Å²) in [4.78, 5) is 0. The Balaban J connectivity index is 1.76. The molecular weight excluding hydrogens is 270 g/mol. The standard InChI is InChI=1S/C13H12ClNO2S/c1-8(9-4-13(14)18-6-9)15-10-2-3-11-12(5-10)17-7-16-11/h2-6,8,15H,7H2,1H3. The molecule has 0 amide bonds. The van der Waals surface area contributed by atoms with E-state index < -0.39 is 0 Å². The van der Waals surface area contributed by atoms with Gasteiger partial charge in [0, 0.05) is 17.8 Å². The molecule has 5 heteroatoms. The van der Waals surface area contributed by atoms with E-state index in [0.717, 1.165) is 21.5 Å². The van der Waals surface area contributed by atoms with Crippen LogP contribution in [0, 0.1) is 0 Å². The maximum absolute atomic E-state index is 5.94. The molecule has 3 rings (SSSR count). The zero-order valence-corrected chi connectivity index (χ0v) is 11.3. The molecule has 1 aliphatic heterocycles. The van der Waals surface area contributed by atoms with Crippen molar-refractivity contribution in [2.45, 2.75) is 13.0 Å². The van der Waals surface area contributed by atoms with Crippen molar-refractivity contribution in [1.82, 2.24) is 0 Å². The average Bonchev–Trinajstić information content (AvgIpc) is 2.96. The molecule has 1 unspecified atom stereocenters. The molecule has 18 heavy (non-hydrogen) atoms. The van der Waals surface area contributed by atoms with E-state index in [2.05, 4.69) is 17.6 Å². The topological polar surface area (TPSA) is 30.5 Å². The molecule has 1 aromatic heterocycles. The van der Waals surface area contributed by atoms with Crippen LogP contribution in [0.2, 0.25) is 4.34 Å². The van der Waals surface area contributed by atoms with Gasteiger partial charge in [-0.15, -0.1) is 11.3 Å². The first-order chi connectivity index (χ1) is 8.72. The molecule has 2 aromatic rings. The second kappa shape index (κ2) is 4.71. The third-order valence-electron chi connectivity index (χ3n) is 2.84. The van der Waals surface area contributed by atoms with Crippen LogP contribution in [0.3, 0.4) is 0 Å². The van der Waals surface area contributed by atoms with Crippen LogP contribution in [0.15, 0.2) is 29.6 Å². The van der Waals surface area contributed by atoms with Gasteiger partial charge in [0.25, 0.3) is 0 Å². The molecule has 1 aromatic carbocycles. The maximum Gasteiger partial charge on any atom is 0.231 e. The summed E-state index contributed by atoms with van der Waals surface area (Å²) in [6.45, 7) is 2.40. The molecule has 0 radical (unpaired) electrons. The highest BCUT2D eigenvalue weighted by Crippen LogP contribution is 2.35. The van der Waals surface area contributed by atoms with Gasteiger partial charge in [0.15, 0.2) is 11.5 Å². The minimum Gasteiger partial charge on any atom is -0.454 e.